The maximum atomic E-state index is 12.2. The predicted octanol–water partition coefficient (Wildman–Crippen LogP) is 3.63. The minimum Gasteiger partial charge on any atom is -0.451 e. The molecule has 4 bridgehead atoms. The third-order valence-corrected chi connectivity index (χ3v) is 7.29. The molecule has 1 amide bonds. The highest BCUT2D eigenvalue weighted by molar-refractivity contribution is 7.11. The van der Waals surface area contributed by atoms with Crippen LogP contribution in [0.2, 0.25) is 0 Å². The van der Waals surface area contributed by atoms with E-state index in [0.29, 0.717) is 4.88 Å². The molecular weight excluding hydrogens is 322 g/mol. The van der Waals surface area contributed by atoms with E-state index in [1.54, 1.807) is 12.1 Å². The maximum absolute atomic E-state index is 12.2. The largest absolute Gasteiger partial charge is 0.451 e. The Kier molecular flexibility index (Phi) is 4.15. The zero-order chi connectivity index (χ0) is 16.7. The van der Waals surface area contributed by atoms with Gasteiger partial charge < -0.3 is 10.1 Å². The van der Waals surface area contributed by atoms with Gasteiger partial charge in [-0.2, -0.15) is 0 Å². The van der Waals surface area contributed by atoms with Crippen molar-refractivity contribution in [1.29, 1.82) is 0 Å². The average Bonchev–Trinajstić information content (AvgIpc) is 3.05. The van der Waals surface area contributed by atoms with Gasteiger partial charge in [-0.1, -0.05) is 6.07 Å². The van der Waals surface area contributed by atoms with Crippen LogP contribution in [-0.4, -0.2) is 24.5 Å². The van der Waals surface area contributed by atoms with Crippen LogP contribution in [0.25, 0.3) is 0 Å². The molecule has 1 atom stereocenters. The number of rotatable bonds is 5. The molecule has 1 heterocycles. The number of carbonyl (C=O) groups excluding carboxylic acids is 2. The number of esters is 1. The van der Waals surface area contributed by atoms with E-state index in [1.165, 1.54) is 49.9 Å². The lowest BCUT2D eigenvalue weighted by molar-refractivity contribution is -0.128. The van der Waals surface area contributed by atoms with Crippen molar-refractivity contribution in [1.82, 2.24) is 5.32 Å². The lowest BCUT2D eigenvalue weighted by atomic mass is 9.48. The van der Waals surface area contributed by atoms with E-state index in [9.17, 15) is 9.59 Å². The summed E-state index contributed by atoms with van der Waals surface area (Å²) in [6.45, 7) is 1.96. The van der Waals surface area contributed by atoms with E-state index < -0.39 is 5.97 Å². The van der Waals surface area contributed by atoms with Crippen molar-refractivity contribution in [3.8, 4) is 0 Å². The van der Waals surface area contributed by atoms with Gasteiger partial charge in [-0.05, 0) is 80.1 Å². The molecular formula is C19H25NO3S. The van der Waals surface area contributed by atoms with Gasteiger partial charge in [-0.25, -0.2) is 4.79 Å². The van der Waals surface area contributed by atoms with Crippen LogP contribution < -0.4 is 5.32 Å². The number of hydrogen-bond acceptors (Lipinski definition) is 4. The van der Waals surface area contributed by atoms with E-state index in [0.717, 1.165) is 17.8 Å². The number of thiophene rings is 1. The summed E-state index contributed by atoms with van der Waals surface area (Å²) in [7, 11) is 0. The summed E-state index contributed by atoms with van der Waals surface area (Å²) in [5.74, 6) is 2.01. The quantitative estimate of drug-likeness (QED) is 0.828. The summed E-state index contributed by atoms with van der Waals surface area (Å²) >= 11 is 1.33. The first-order chi connectivity index (χ1) is 11.5. The van der Waals surface area contributed by atoms with Gasteiger partial charge in [0.1, 0.15) is 4.88 Å². The van der Waals surface area contributed by atoms with Crippen LogP contribution in [0.15, 0.2) is 17.5 Å². The molecule has 5 rings (SSSR count). The van der Waals surface area contributed by atoms with Crippen LogP contribution in [0.3, 0.4) is 0 Å². The van der Waals surface area contributed by atoms with Crippen molar-refractivity contribution in [2.75, 3.05) is 6.61 Å². The van der Waals surface area contributed by atoms with E-state index >= 15 is 0 Å². The van der Waals surface area contributed by atoms with Gasteiger partial charge in [-0.3, -0.25) is 4.79 Å². The first kappa shape index (κ1) is 16.1. The van der Waals surface area contributed by atoms with Crippen LogP contribution >= 0.6 is 11.3 Å². The molecule has 4 aliphatic rings. The van der Waals surface area contributed by atoms with Crippen molar-refractivity contribution in [3.05, 3.63) is 22.4 Å². The normalized spacial score (nSPS) is 34.8. The van der Waals surface area contributed by atoms with Crippen LogP contribution in [0.4, 0.5) is 0 Å². The first-order valence-electron chi connectivity index (χ1n) is 9.04. The molecule has 0 saturated heterocycles. The summed E-state index contributed by atoms with van der Waals surface area (Å²) in [6, 6.07) is 3.68. The first-order valence-corrected chi connectivity index (χ1v) is 9.92. The number of ether oxygens (including phenoxy) is 1. The van der Waals surface area contributed by atoms with Crippen molar-refractivity contribution in [2.24, 2.45) is 23.2 Å². The Labute approximate surface area is 147 Å². The highest BCUT2D eigenvalue weighted by Gasteiger charge is 2.53. The number of amides is 1. The second-order valence-corrected chi connectivity index (χ2v) is 9.07. The molecule has 0 spiro atoms. The van der Waals surface area contributed by atoms with Crippen LogP contribution in [0, 0.1) is 23.2 Å². The molecule has 130 valence electrons. The molecule has 4 fully saturated rings. The average molecular weight is 347 g/mol. The lowest BCUT2D eigenvalue weighted by Crippen LogP contribution is -2.56. The van der Waals surface area contributed by atoms with Crippen LogP contribution in [-0.2, 0) is 9.53 Å². The predicted molar refractivity (Wildman–Crippen MR) is 92.8 cm³/mol. The Morgan fingerprint density at radius 2 is 1.88 bits per heavy atom. The fourth-order valence-electron chi connectivity index (χ4n) is 5.74. The molecule has 4 saturated carbocycles. The standard InChI is InChI=1S/C19H25NO3S/c1-12(19-8-13-5-14(9-19)7-15(6-13)10-19)20-17(21)11-23-18(22)16-3-2-4-24-16/h2-4,12-15H,5-11H2,1H3,(H,20,21). The summed E-state index contributed by atoms with van der Waals surface area (Å²) in [4.78, 5) is 24.6. The molecule has 4 aliphatic carbocycles. The van der Waals surface area contributed by atoms with Crippen molar-refractivity contribution in [3.63, 3.8) is 0 Å². The highest BCUT2D eigenvalue weighted by Crippen LogP contribution is 2.61. The van der Waals surface area contributed by atoms with Gasteiger partial charge in [0.05, 0.1) is 0 Å². The zero-order valence-electron chi connectivity index (χ0n) is 14.1. The second-order valence-electron chi connectivity index (χ2n) is 8.12. The van der Waals surface area contributed by atoms with Gasteiger partial charge >= 0.3 is 5.97 Å². The topological polar surface area (TPSA) is 55.4 Å². The zero-order valence-corrected chi connectivity index (χ0v) is 14.9. The van der Waals surface area contributed by atoms with Crippen molar-refractivity contribution in [2.45, 2.75) is 51.5 Å². The Balaban J connectivity index is 1.32. The second kappa shape index (κ2) is 6.17. The smallest absolute Gasteiger partial charge is 0.348 e. The minimum absolute atomic E-state index is 0.166. The minimum atomic E-state index is -0.414. The Hall–Kier alpha value is -1.36. The van der Waals surface area contributed by atoms with Crippen molar-refractivity contribution < 1.29 is 14.3 Å². The molecule has 1 unspecified atom stereocenters. The van der Waals surface area contributed by atoms with Gasteiger partial charge in [0.25, 0.3) is 5.91 Å². The molecule has 24 heavy (non-hydrogen) atoms. The van der Waals surface area contributed by atoms with Crippen molar-refractivity contribution >= 4 is 23.2 Å². The van der Waals surface area contributed by atoms with Gasteiger partial charge in [-0.15, -0.1) is 11.3 Å². The van der Waals surface area contributed by atoms with E-state index in [4.69, 9.17) is 4.74 Å². The Morgan fingerprint density at radius 3 is 2.42 bits per heavy atom. The molecule has 0 radical (unpaired) electrons. The van der Waals surface area contributed by atoms with E-state index in [-0.39, 0.29) is 24.0 Å². The summed E-state index contributed by atoms with van der Waals surface area (Å²) in [5.41, 5.74) is 0.280. The third kappa shape index (κ3) is 2.99. The molecule has 1 N–H and O–H groups in total. The fraction of sp³-hybridized carbons (Fsp3) is 0.684. The lowest BCUT2D eigenvalue weighted by Gasteiger charge is -2.59. The van der Waals surface area contributed by atoms with E-state index in [1.807, 2.05) is 5.38 Å². The Morgan fingerprint density at radius 1 is 1.25 bits per heavy atom. The molecule has 0 aromatic carbocycles. The van der Waals surface area contributed by atoms with Gasteiger partial charge in [0, 0.05) is 6.04 Å². The fourth-order valence-corrected chi connectivity index (χ4v) is 6.36. The summed E-state index contributed by atoms with van der Waals surface area (Å²) in [6.07, 6.45) is 7.98. The summed E-state index contributed by atoms with van der Waals surface area (Å²) < 4.78 is 5.13. The van der Waals surface area contributed by atoms with Gasteiger partial charge in [0.15, 0.2) is 6.61 Å². The van der Waals surface area contributed by atoms with Gasteiger partial charge in [0.2, 0.25) is 0 Å². The number of carbonyl (C=O) groups is 2. The number of nitrogens with one attached hydrogen (secondary N) is 1. The molecule has 4 nitrogen and oxygen atoms in total. The summed E-state index contributed by atoms with van der Waals surface area (Å²) in [5, 5.41) is 4.95. The van der Waals surface area contributed by atoms with E-state index in [2.05, 4.69) is 12.2 Å². The Bertz CT molecular complexity index is 589. The van der Waals surface area contributed by atoms with Crippen LogP contribution in [0.5, 0.6) is 0 Å². The van der Waals surface area contributed by atoms with Crippen LogP contribution in [0.1, 0.15) is 55.1 Å². The molecule has 5 heteroatoms. The molecule has 1 aromatic rings. The molecule has 1 aromatic heterocycles. The SMILES string of the molecule is CC(NC(=O)COC(=O)c1cccs1)C12CC3CC(CC(C3)C1)C2. The monoisotopic (exact) mass is 347 g/mol. The maximum Gasteiger partial charge on any atom is 0.348 e. The highest BCUT2D eigenvalue weighted by atomic mass is 32.1. The molecule has 0 aliphatic heterocycles. The number of hydrogen-bond donors (Lipinski definition) is 1. The third-order valence-electron chi connectivity index (χ3n) is 6.44.